The third-order valence-corrected chi connectivity index (χ3v) is 5.82. The Morgan fingerprint density at radius 1 is 1.00 bits per heavy atom. The van der Waals surface area contributed by atoms with E-state index >= 15 is 0 Å². The van der Waals surface area contributed by atoms with Crippen molar-refractivity contribution in [2.24, 2.45) is 0 Å². The minimum absolute atomic E-state index is 0. The fourth-order valence-electron chi connectivity index (χ4n) is 4.30. The van der Waals surface area contributed by atoms with Crippen LogP contribution < -0.4 is 5.32 Å². The highest BCUT2D eigenvalue weighted by Crippen LogP contribution is 2.29. The summed E-state index contributed by atoms with van der Waals surface area (Å²) in [6.07, 6.45) is 10.7. The first-order valence-electron chi connectivity index (χ1n) is 10.6. The molecule has 1 aliphatic carbocycles. The maximum Gasteiger partial charge on any atom is 0.178 e. The molecule has 1 aliphatic rings. The highest BCUT2D eigenvalue weighted by Gasteiger charge is 2.11. The molecule has 3 N–H and O–H groups in total. The van der Waals surface area contributed by atoms with Crippen LogP contribution in [0.4, 0.5) is 0 Å². The molecule has 5 heteroatoms. The van der Waals surface area contributed by atoms with Gasteiger partial charge >= 0.3 is 0 Å². The number of aromatic nitrogens is 4. The number of H-pyrrole nitrogens is 2. The Balaban J connectivity index is 0.00000136. The van der Waals surface area contributed by atoms with Crippen LogP contribution in [0.15, 0.2) is 48.2 Å². The van der Waals surface area contributed by atoms with Crippen LogP contribution in [-0.2, 0) is 6.54 Å². The van der Waals surface area contributed by atoms with Crippen molar-refractivity contribution in [3.8, 4) is 11.3 Å². The average molecular weight is 450 g/mol. The van der Waals surface area contributed by atoms with E-state index in [9.17, 15) is 0 Å². The van der Waals surface area contributed by atoms with Crippen LogP contribution >= 0.6 is 0 Å². The number of rotatable bonds is 6. The zero-order chi connectivity index (χ0) is 19.6. The maximum atomic E-state index is 4.45. The van der Waals surface area contributed by atoms with E-state index in [1.807, 2.05) is 19.2 Å². The summed E-state index contributed by atoms with van der Waals surface area (Å²) in [4.78, 5) is 15.7. The lowest BCUT2D eigenvalue weighted by molar-refractivity contribution is 0.632. The second kappa shape index (κ2) is 12.4. The summed E-state index contributed by atoms with van der Waals surface area (Å²) in [7, 11) is 0. The summed E-state index contributed by atoms with van der Waals surface area (Å²) in [5.74, 6) is 0.883. The Kier molecular flexibility index (Phi) is 10.5. The summed E-state index contributed by atoms with van der Waals surface area (Å²) in [5, 5.41) is 4.84. The number of pyridine rings is 1. The van der Waals surface area contributed by atoms with Gasteiger partial charge in [0.1, 0.15) is 5.82 Å². The van der Waals surface area contributed by atoms with E-state index in [1.54, 1.807) is 5.57 Å². The lowest BCUT2D eigenvalue weighted by Gasteiger charge is -2.13. The molecule has 0 saturated carbocycles. The van der Waals surface area contributed by atoms with Gasteiger partial charge in [0.05, 0.1) is 5.52 Å². The molecule has 0 saturated heterocycles. The van der Waals surface area contributed by atoms with E-state index in [0.29, 0.717) is 0 Å². The summed E-state index contributed by atoms with van der Waals surface area (Å²) < 4.78 is 0. The zero-order valence-corrected chi connectivity index (χ0v) is 16.9. The number of aromatic amines is 2. The van der Waals surface area contributed by atoms with Gasteiger partial charge in [0.25, 0.3) is 0 Å². The van der Waals surface area contributed by atoms with E-state index in [4.69, 9.17) is 0 Å². The van der Waals surface area contributed by atoms with Crippen molar-refractivity contribution >= 4 is 22.1 Å². The van der Waals surface area contributed by atoms with Crippen LogP contribution in [0.3, 0.4) is 0 Å². The maximum absolute atomic E-state index is 4.45. The third-order valence-electron chi connectivity index (χ3n) is 5.82. The second-order valence-corrected chi connectivity index (χ2v) is 8.02. The van der Waals surface area contributed by atoms with Gasteiger partial charge < -0.3 is 15.3 Å². The van der Waals surface area contributed by atoms with E-state index in [0.717, 1.165) is 46.9 Å². The highest BCUT2D eigenvalue weighted by atomic mass is 15.0. The molecular weight excluding hydrogens is 406 g/mol. The van der Waals surface area contributed by atoms with Crippen molar-refractivity contribution in [1.82, 2.24) is 25.3 Å². The number of hydrogen-bond acceptors (Lipinski definition) is 3. The number of aryl methyl sites for hydroxylation is 1. The minimum Gasteiger partial charge on any atom is -0.354 e. The topological polar surface area (TPSA) is 69.4 Å². The molecule has 1 aromatic carbocycles. The Hall–Kier alpha value is -2.92. The number of nitrogens with one attached hydrogen (secondary N) is 3. The number of benzene rings is 1. The van der Waals surface area contributed by atoms with Gasteiger partial charge in [-0.25, -0.2) is 9.97 Å². The molecule has 33 heavy (non-hydrogen) atoms. The van der Waals surface area contributed by atoms with Crippen molar-refractivity contribution in [3.63, 3.8) is 0 Å². The minimum atomic E-state index is 0. The van der Waals surface area contributed by atoms with Crippen LogP contribution in [0, 0.1) is 6.92 Å². The van der Waals surface area contributed by atoms with Gasteiger partial charge in [0.2, 0.25) is 0 Å². The van der Waals surface area contributed by atoms with E-state index in [-0.39, 0.29) is 29.7 Å². The molecule has 0 bridgehead atoms. The summed E-state index contributed by atoms with van der Waals surface area (Å²) >= 11 is 0. The fraction of sp³-hybridized carbons (Fsp3) is 0.429. The Labute approximate surface area is 200 Å². The Bertz CT molecular complexity index is 1180. The first kappa shape index (κ1) is 28.1. The predicted molar refractivity (Wildman–Crippen MR) is 146 cm³/mol. The van der Waals surface area contributed by atoms with Crippen molar-refractivity contribution < 1.29 is 0 Å². The molecule has 3 heterocycles. The van der Waals surface area contributed by atoms with Gasteiger partial charge in [-0.15, -0.1) is 0 Å². The van der Waals surface area contributed by atoms with Crippen molar-refractivity contribution in [1.29, 1.82) is 0 Å². The van der Waals surface area contributed by atoms with Crippen LogP contribution in [0.25, 0.3) is 33.3 Å². The smallest absolute Gasteiger partial charge is 0.178 e. The molecule has 0 fully saturated rings. The molecule has 0 unspecified atom stereocenters. The van der Waals surface area contributed by atoms with Gasteiger partial charge in [-0.1, -0.05) is 47.4 Å². The lowest BCUT2D eigenvalue weighted by atomic mass is 9.97. The zero-order valence-electron chi connectivity index (χ0n) is 16.9. The van der Waals surface area contributed by atoms with E-state index in [2.05, 4.69) is 55.6 Å². The normalized spacial score (nSPS) is 12.8. The first-order valence-corrected chi connectivity index (χ1v) is 10.6. The number of hydrogen-bond donors (Lipinski definition) is 3. The molecule has 5 rings (SSSR count). The average Bonchev–Trinajstić information content (AvgIpc) is 3.33. The van der Waals surface area contributed by atoms with Crippen LogP contribution in [0.2, 0.25) is 0 Å². The predicted octanol–water partition coefficient (Wildman–Crippen LogP) is 7.94. The highest BCUT2D eigenvalue weighted by molar-refractivity contribution is 5.94. The van der Waals surface area contributed by atoms with Crippen molar-refractivity contribution in [2.75, 3.05) is 6.54 Å². The fourth-order valence-corrected chi connectivity index (χ4v) is 4.30. The van der Waals surface area contributed by atoms with Gasteiger partial charge in [-0.3, -0.25) is 0 Å². The molecule has 0 radical (unpaired) electrons. The summed E-state index contributed by atoms with van der Waals surface area (Å²) in [5.41, 5.74) is 8.03. The molecule has 5 nitrogen and oxygen atoms in total. The molecule has 0 aliphatic heterocycles. The van der Waals surface area contributed by atoms with Crippen molar-refractivity contribution in [2.45, 2.75) is 75.3 Å². The standard InChI is InChI=1S/C24H27N5.4CH4/c1-16-27-23-20(10-12-26-24(23)28-16)22-14-19-13-18(7-8-21(19)29-22)15-25-11-9-17-5-3-2-4-6-17;;;;/h5,7-8,10,12-14,25,29H,2-4,6,9,11,15H2,1H3,(H,26,27,28);4*1H4. The van der Waals surface area contributed by atoms with Gasteiger partial charge in [0.15, 0.2) is 5.65 Å². The van der Waals surface area contributed by atoms with Gasteiger partial charge in [-0.05, 0) is 75.4 Å². The van der Waals surface area contributed by atoms with Crippen LogP contribution in [0.5, 0.6) is 0 Å². The second-order valence-electron chi connectivity index (χ2n) is 8.02. The molecule has 180 valence electrons. The largest absolute Gasteiger partial charge is 0.354 e. The van der Waals surface area contributed by atoms with Crippen LogP contribution in [0.1, 0.15) is 73.2 Å². The quantitative estimate of drug-likeness (QED) is 0.207. The Morgan fingerprint density at radius 3 is 2.64 bits per heavy atom. The van der Waals surface area contributed by atoms with Crippen LogP contribution in [-0.4, -0.2) is 26.5 Å². The molecule has 4 aromatic rings. The number of allylic oxidation sites excluding steroid dienone is 1. The van der Waals surface area contributed by atoms with Crippen molar-refractivity contribution in [3.05, 3.63) is 59.6 Å². The summed E-state index contributed by atoms with van der Waals surface area (Å²) in [6.45, 7) is 3.92. The number of fused-ring (bicyclic) bond motifs is 2. The number of nitrogens with zero attached hydrogens (tertiary/aromatic N) is 2. The van der Waals surface area contributed by atoms with Gasteiger partial charge in [0, 0.05) is 34.9 Å². The first-order chi connectivity index (χ1) is 14.3. The molecule has 0 spiro atoms. The third kappa shape index (κ3) is 6.11. The molecule has 0 atom stereocenters. The lowest BCUT2D eigenvalue weighted by Crippen LogP contribution is -2.15. The summed E-state index contributed by atoms with van der Waals surface area (Å²) in [6, 6.07) is 10.9. The SMILES string of the molecule is C.C.C.C.Cc1nc2nccc(-c3cc4cc(CNCCC5=CCCCC5)ccc4[nH]3)c2[nH]1. The molecular formula is C28H43N5. The monoisotopic (exact) mass is 449 g/mol. The molecule has 3 aromatic heterocycles. The van der Waals surface area contributed by atoms with E-state index in [1.165, 1.54) is 43.1 Å². The number of imidazole rings is 1. The van der Waals surface area contributed by atoms with Gasteiger partial charge in [-0.2, -0.15) is 0 Å². The Morgan fingerprint density at radius 2 is 1.85 bits per heavy atom. The van der Waals surface area contributed by atoms with E-state index < -0.39 is 0 Å². The molecule has 0 amide bonds.